The lowest BCUT2D eigenvalue weighted by Gasteiger charge is -2.28. The van der Waals surface area contributed by atoms with Crippen LogP contribution >= 0.6 is 0 Å². The average molecular weight is 660 g/mol. The summed E-state index contributed by atoms with van der Waals surface area (Å²) >= 11 is 0. The van der Waals surface area contributed by atoms with Gasteiger partial charge < -0.3 is 65.3 Å². The molecule has 46 heavy (non-hydrogen) atoms. The van der Waals surface area contributed by atoms with Gasteiger partial charge in [0.2, 0.25) is 23.6 Å². The molecule has 0 aromatic heterocycles. The molecule has 0 rings (SSSR count). The summed E-state index contributed by atoms with van der Waals surface area (Å²) < 4.78 is 0. The number of aliphatic imine (C=N–C) groups is 2. The van der Waals surface area contributed by atoms with Crippen LogP contribution in [0.1, 0.15) is 59.3 Å². The maximum Gasteiger partial charge on any atom is 0.326 e. The molecule has 0 radical (unpaired) electrons. The fourth-order valence-corrected chi connectivity index (χ4v) is 3.93. The van der Waals surface area contributed by atoms with Crippen molar-refractivity contribution >= 4 is 47.5 Å². The van der Waals surface area contributed by atoms with Gasteiger partial charge in [-0.1, -0.05) is 13.8 Å². The minimum Gasteiger partial charge on any atom is -0.481 e. The molecule has 20 heteroatoms. The van der Waals surface area contributed by atoms with Gasteiger partial charge in [0.15, 0.2) is 11.9 Å². The monoisotopic (exact) mass is 659 g/mol. The largest absolute Gasteiger partial charge is 0.481 e. The fraction of sp³-hybridized carbons (Fsp3) is 0.692. The molecule has 0 spiro atoms. The van der Waals surface area contributed by atoms with Gasteiger partial charge in [-0.2, -0.15) is 0 Å². The first-order valence-corrected chi connectivity index (χ1v) is 14.6. The summed E-state index contributed by atoms with van der Waals surface area (Å²) in [5, 5.41) is 38.2. The number of carbonyl (C=O) groups excluding carboxylic acids is 4. The Morgan fingerprint density at radius 2 is 1.11 bits per heavy atom. The Morgan fingerprint density at radius 3 is 1.57 bits per heavy atom. The van der Waals surface area contributed by atoms with Crippen molar-refractivity contribution in [1.29, 1.82) is 0 Å². The highest BCUT2D eigenvalue weighted by Gasteiger charge is 2.34. The van der Waals surface area contributed by atoms with Crippen LogP contribution in [0.5, 0.6) is 0 Å². The molecular weight excluding hydrogens is 610 g/mol. The number of carboxylic acid groups (broad SMARTS) is 2. The van der Waals surface area contributed by atoms with Gasteiger partial charge in [0.05, 0.1) is 12.1 Å². The van der Waals surface area contributed by atoms with Crippen molar-refractivity contribution in [1.82, 2.24) is 21.3 Å². The molecule has 262 valence electrons. The highest BCUT2D eigenvalue weighted by Crippen LogP contribution is 2.07. The minimum atomic E-state index is -1.66. The van der Waals surface area contributed by atoms with E-state index < -0.39 is 90.6 Å². The predicted molar refractivity (Wildman–Crippen MR) is 167 cm³/mol. The van der Waals surface area contributed by atoms with E-state index in [1.165, 1.54) is 6.92 Å². The number of rotatable bonds is 22. The Morgan fingerprint density at radius 1 is 0.652 bits per heavy atom. The van der Waals surface area contributed by atoms with Crippen molar-refractivity contribution in [3.05, 3.63) is 0 Å². The maximum atomic E-state index is 13.4. The van der Waals surface area contributed by atoms with E-state index in [1.54, 1.807) is 13.8 Å². The Bertz CT molecular complexity index is 1110. The van der Waals surface area contributed by atoms with Crippen LogP contribution in [-0.4, -0.2) is 112 Å². The van der Waals surface area contributed by atoms with E-state index in [-0.39, 0.29) is 44.3 Å². The van der Waals surface area contributed by atoms with Crippen LogP contribution in [0.3, 0.4) is 0 Å². The number of aliphatic carboxylic acids is 2. The van der Waals surface area contributed by atoms with Gasteiger partial charge in [0.1, 0.15) is 24.2 Å². The summed E-state index contributed by atoms with van der Waals surface area (Å²) in [5.74, 6) is -7.17. The van der Waals surface area contributed by atoms with Crippen molar-refractivity contribution < 1.29 is 44.1 Å². The second kappa shape index (κ2) is 21.1. The van der Waals surface area contributed by atoms with Crippen LogP contribution in [-0.2, 0) is 28.8 Å². The highest BCUT2D eigenvalue weighted by atomic mass is 16.4. The number of nitrogens with one attached hydrogen (secondary N) is 4. The first kappa shape index (κ1) is 41.3. The van der Waals surface area contributed by atoms with Crippen LogP contribution in [0, 0.1) is 5.92 Å². The SMILES string of the molecule is CC(C)[C@H](NC(=O)[C@@H](NC(=O)[C@H](CCC(=O)O)NC(=O)[C@H](CCCN=C(N)N)NC(=O)[C@@H](N)CCCN=C(N)N)[C@@H](C)O)C(=O)O. The van der Waals surface area contributed by atoms with Gasteiger partial charge in [-0.05, 0) is 44.9 Å². The topological polar surface area (TPSA) is 366 Å². The number of hydrogen-bond donors (Lipinski definition) is 12. The lowest BCUT2D eigenvalue weighted by molar-refractivity contribution is -0.144. The maximum absolute atomic E-state index is 13.4. The highest BCUT2D eigenvalue weighted by molar-refractivity contribution is 5.95. The molecule has 0 aliphatic rings. The number of hydrogen-bond acceptors (Lipinski definition) is 10. The van der Waals surface area contributed by atoms with E-state index in [4.69, 9.17) is 28.7 Å². The summed E-state index contributed by atoms with van der Waals surface area (Å²) in [4.78, 5) is 82.7. The van der Waals surface area contributed by atoms with Crippen molar-refractivity contribution in [2.75, 3.05) is 13.1 Å². The summed E-state index contributed by atoms with van der Waals surface area (Å²) in [6.45, 7) is 4.56. The molecule has 0 aliphatic heterocycles. The number of carboxylic acids is 2. The zero-order chi connectivity index (χ0) is 35.6. The third-order valence-corrected chi connectivity index (χ3v) is 6.46. The quantitative estimate of drug-likeness (QED) is 0.0295. The van der Waals surface area contributed by atoms with Gasteiger partial charge in [0.25, 0.3) is 0 Å². The van der Waals surface area contributed by atoms with Crippen molar-refractivity contribution in [3.63, 3.8) is 0 Å². The predicted octanol–water partition coefficient (Wildman–Crippen LogP) is -4.65. The Balaban J connectivity index is 5.95. The van der Waals surface area contributed by atoms with Crippen LogP contribution in [0.4, 0.5) is 0 Å². The van der Waals surface area contributed by atoms with Gasteiger partial charge in [-0.15, -0.1) is 0 Å². The summed E-state index contributed by atoms with van der Waals surface area (Å²) in [5.41, 5.74) is 27.2. The van der Waals surface area contributed by atoms with Crippen LogP contribution < -0.4 is 49.9 Å². The van der Waals surface area contributed by atoms with Crippen molar-refractivity contribution in [2.45, 2.75) is 95.6 Å². The van der Waals surface area contributed by atoms with Gasteiger partial charge in [-0.25, -0.2) is 4.79 Å². The normalized spacial score (nSPS) is 14.7. The molecule has 0 aliphatic carbocycles. The number of carbonyl (C=O) groups is 6. The van der Waals surface area contributed by atoms with Crippen molar-refractivity contribution in [2.24, 2.45) is 44.6 Å². The number of nitrogens with zero attached hydrogens (tertiary/aromatic N) is 2. The molecule has 0 aromatic rings. The summed E-state index contributed by atoms with van der Waals surface area (Å²) in [6, 6.07) is -6.88. The minimum absolute atomic E-state index is 0.0210. The molecule has 0 heterocycles. The molecule has 20 nitrogen and oxygen atoms in total. The van der Waals surface area contributed by atoms with E-state index in [9.17, 15) is 44.1 Å². The molecule has 0 unspecified atom stereocenters. The number of nitrogens with two attached hydrogens (primary N) is 5. The van der Waals surface area contributed by atoms with E-state index in [2.05, 4.69) is 31.3 Å². The van der Waals surface area contributed by atoms with Crippen molar-refractivity contribution in [3.8, 4) is 0 Å². The molecule has 17 N–H and O–H groups in total. The Hall–Kier alpha value is -4.72. The van der Waals surface area contributed by atoms with Gasteiger partial charge >= 0.3 is 11.9 Å². The summed E-state index contributed by atoms with van der Waals surface area (Å²) in [7, 11) is 0. The number of aliphatic hydroxyl groups excluding tert-OH is 1. The number of amides is 4. The van der Waals surface area contributed by atoms with Crippen LogP contribution in [0.15, 0.2) is 9.98 Å². The Kier molecular flexibility index (Phi) is 18.9. The Labute approximate surface area is 266 Å². The molecule has 0 bridgehead atoms. The number of guanidine groups is 2. The smallest absolute Gasteiger partial charge is 0.326 e. The molecule has 0 aromatic carbocycles. The third kappa shape index (κ3) is 16.9. The van der Waals surface area contributed by atoms with E-state index >= 15 is 0 Å². The molecule has 0 saturated heterocycles. The molecule has 4 amide bonds. The molecule has 6 atom stereocenters. The zero-order valence-corrected chi connectivity index (χ0v) is 26.3. The second-order valence-electron chi connectivity index (χ2n) is 10.9. The van der Waals surface area contributed by atoms with E-state index in [0.717, 1.165) is 0 Å². The first-order chi connectivity index (χ1) is 21.4. The van der Waals surface area contributed by atoms with Gasteiger partial charge in [-0.3, -0.25) is 34.0 Å². The lowest BCUT2D eigenvalue weighted by Crippen LogP contribution is -2.61. The van der Waals surface area contributed by atoms with Crippen LogP contribution in [0.2, 0.25) is 0 Å². The van der Waals surface area contributed by atoms with Crippen LogP contribution in [0.25, 0.3) is 0 Å². The average Bonchev–Trinajstić information content (AvgIpc) is 2.94. The first-order valence-electron chi connectivity index (χ1n) is 14.6. The second-order valence-corrected chi connectivity index (χ2v) is 10.9. The third-order valence-electron chi connectivity index (χ3n) is 6.46. The zero-order valence-electron chi connectivity index (χ0n) is 26.3. The lowest BCUT2D eigenvalue weighted by atomic mass is 10.0. The van der Waals surface area contributed by atoms with E-state index in [1.807, 2.05) is 0 Å². The molecular formula is C26H49N11O9. The number of aliphatic hydroxyl groups is 1. The molecule has 0 fully saturated rings. The van der Waals surface area contributed by atoms with Gasteiger partial charge in [0, 0.05) is 19.5 Å². The standard InChI is InChI=1S/C26H49N11O9/c1-12(2)18(24(45)46)36-23(44)19(13(3)38)37-22(43)16(8-9-17(39)40)35-21(42)15(7-5-11-33-26(30)31)34-20(41)14(27)6-4-10-32-25(28)29/h12-16,18-19,38H,4-11,27H2,1-3H3,(H,34,41)(H,35,42)(H,36,44)(H,37,43)(H,39,40)(H,45,46)(H4,28,29,32)(H4,30,31,33)/t13-,14+,15+,16+,18+,19+/m1/s1. The van der Waals surface area contributed by atoms with E-state index in [0.29, 0.717) is 6.42 Å². The fourth-order valence-electron chi connectivity index (χ4n) is 3.93. The summed E-state index contributed by atoms with van der Waals surface area (Å²) in [6.07, 6.45) is -1.84. The molecule has 0 saturated carbocycles.